The molecule has 25 heavy (non-hydrogen) atoms. The maximum atomic E-state index is 5.95. The maximum absolute atomic E-state index is 5.95. The van der Waals surface area contributed by atoms with E-state index in [-0.39, 0.29) is 0 Å². The van der Waals surface area contributed by atoms with Crippen molar-refractivity contribution in [2.75, 3.05) is 0 Å². The number of hydrogen-bond donors (Lipinski definition) is 0. The summed E-state index contributed by atoms with van der Waals surface area (Å²) in [7, 11) is 0. The van der Waals surface area contributed by atoms with Crippen LogP contribution in [0.2, 0.25) is 5.02 Å². The average Bonchev–Trinajstić information content (AvgIpc) is 3.24. The van der Waals surface area contributed by atoms with Crippen molar-refractivity contribution in [2.24, 2.45) is 0 Å². The molecule has 6 heteroatoms. The van der Waals surface area contributed by atoms with Crippen LogP contribution >= 0.6 is 34.7 Å². The molecule has 4 rings (SSSR count). The lowest BCUT2D eigenvalue weighted by molar-refractivity contribution is 0.687. The Labute approximate surface area is 159 Å². The molecule has 0 N–H and O–H groups in total. The molecule has 0 saturated carbocycles. The fourth-order valence-corrected chi connectivity index (χ4v) is 4.78. The van der Waals surface area contributed by atoms with E-state index in [1.807, 2.05) is 12.1 Å². The van der Waals surface area contributed by atoms with Gasteiger partial charge in [-0.05, 0) is 30.7 Å². The topological polar surface area (TPSA) is 30.7 Å². The number of halogens is 1. The predicted octanol–water partition coefficient (Wildman–Crippen LogP) is 6.13. The molecule has 0 bridgehead atoms. The van der Waals surface area contributed by atoms with Crippen molar-refractivity contribution in [2.45, 2.75) is 24.4 Å². The standard InChI is InChI=1S/C19H16ClN3S2/c1-2-23-18(16-12-24-17-6-4-3-5-15(16)17)21-22-19(23)25-11-13-7-9-14(20)10-8-13/h3-10,12H,2,11H2,1H3. The van der Waals surface area contributed by atoms with E-state index >= 15 is 0 Å². The summed E-state index contributed by atoms with van der Waals surface area (Å²) in [6, 6.07) is 16.4. The summed E-state index contributed by atoms with van der Waals surface area (Å²) in [6.07, 6.45) is 0. The zero-order valence-corrected chi connectivity index (χ0v) is 16.0. The molecule has 0 amide bonds. The van der Waals surface area contributed by atoms with E-state index in [2.05, 4.69) is 63.5 Å². The number of aromatic nitrogens is 3. The van der Waals surface area contributed by atoms with Gasteiger partial charge in [0.1, 0.15) is 0 Å². The second-order valence-corrected chi connectivity index (χ2v) is 7.90. The Morgan fingerprint density at radius 2 is 1.88 bits per heavy atom. The Balaban J connectivity index is 1.64. The number of fused-ring (bicyclic) bond motifs is 1. The minimum Gasteiger partial charge on any atom is -0.302 e. The van der Waals surface area contributed by atoms with E-state index in [9.17, 15) is 0 Å². The van der Waals surface area contributed by atoms with Crippen LogP contribution in [-0.4, -0.2) is 14.8 Å². The lowest BCUT2D eigenvalue weighted by Gasteiger charge is -2.07. The molecular formula is C19H16ClN3S2. The highest BCUT2D eigenvalue weighted by Gasteiger charge is 2.16. The molecule has 3 nitrogen and oxygen atoms in total. The van der Waals surface area contributed by atoms with Crippen molar-refractivity contribution in [1.29, 1.82) is 0 Å². The van der Waals surface area contributed by atoms with Gasteiger partial charge in [-0.2, -0.15) is 0 Å². The number of hydrogen-bond acceptors (Lipinski definition) is 4. The fourth-order valence-electron chi connectivity index (χ4n) is 2.76. The van der Waals surface area contributed by atoms with Crippen molar-refractivity contribution in [3.63, 3.8) is 0 Å². The summed E-state index contributed by atoms with van der Waals surface area (Å²) in [5.41, 5.74) is 2.39. The van der Waals surface area contributed by atoms with E-state index in [0.29, 0.717) is 0 Å². The van der Waals surface area contributed by atoms with Gasteiger partial charge in [0.25, 0.3) is 0 Å². The van der Waals surface area contributed by atoms with Gasteiger partial charge in [0.15, 0.2) is 11.0 Å². The Morgan fingerprint density at radius 3 is 2.68 bits per heavy atom. The first-order valence-electron chi connectivity index (χ1n) is 8.03. The number of thiophene rings is 1. The highest BCUT2D eigenvalue weighted by atomic mass is 35.5. The second kappa shape index (κ2) is 7.20. The van der Waals surface area contributed by atoms with Gasteiger partial charge in [-0.25, -0.2) is 0 Å². The maximum Gasteiger partial charge on any atom is 0.191 e. The molecule has 126 valence electrons. The van der Waals surface area contributed by atoms with Gasteiger partial charge in [-0.3, -0.25) is 0 Å². The van der Waals surface area contributed by atoms with Gasteiger partial charge in [-0.1, -0.05) is 53.7 Å². The van der Waals surface area contributed by atoms with Crippen LogP contribution < -0.4 is 0 Å². The van der Waals surface area contributed by atoms with Gasteiger partial charge in [0.05, 0.1) is 0 Å². The second-order valence-electron chi connectivity index (χ2n) is 5.61. The minimum absolute atomic E-state index is 0.761. The van der Waals surface area contributed by atoms with E-state index < -0.39 is 0 Å². The van der Waals surface area contributed by atoms with Crippen LogP contribution in [0, 0.1) is 0 Å². The molecule has 0 radical (unpaired) electrons. The van der Waals surface area contributed by atoms with Crippen LogP contribution in [0.5, 0.6) is 0 Å². The zero-order valence-electron chi connectivity index (χ0n) is 13.6. The largest absolute Gasteiger partial charge is 0.302 e. The number of nitrogens with zero attached hydrogens (tertiary/aromatic N) is 3. The van der Waals surface area contributed by atoms with E-state index in [0.717, 1.165) is 33.9 Å². The van der Waals surface area contributed by atoms with Crippen molar-refractivity contribution in [1.82, 2.24) is 14.8 Å². The van der Waals surface area contributed by atoms with Crippen LogP contribution in [0.3, 0.4) is 0 Å². The van der Waals surface area contributed by atoms with Gasteiger partial charge < -0.3 is 4.57 Å². The molecule has 2 aromatic heterocycles. The first-order valence-corrected chi connectivity index (χ1v) is 10.3. The fraction of sp³-hybridized carbons (Fsp3) is 0.158. The van der Waals surface area contributed by atoms with Gasteiger partial charge in [-0.15, -0.1) is 21.5 Å². The van der Waals surface area contributed by atoms with Crippen molar-refractivity contribution < 1.29 is 0 Å². The van der Waals surface area contributed by atoms with Crippen molar-refractivity contribution in [3.8, 4) is 11.4 Å². The van der Waals surface area contributed by atoms with Crippen LogP contribution in [0.1, 0.15) is 12.5 Å². The SMILES string of the molecule is CCn1c(SCc2ccc(Cl)cc2)nnc1-c1csc2ccccc12. The normalized spacial score (nSPS) is 11.3. The quantitative estimate of drug-likeness (QED) is 0.387. The summed E-state index contributed by atoms with van der Waals surface area (Å²) in [5, 5.41) is 14.0. The zero-order chi connectivity index (χ0) is 17.2. The third-order valence-electron chi connectivity index (χ3n) is 4.04. The van der Waals surface area contributed by atoms with Crippen LogP contribution in [-0.2, 0) is 12.3 Å². The third kappa shape index (κ3) is 3.32. The van der Waals surface area contributed by atoms with Gasteiger partial charge in [0, 0.05) is 38.3 Å². The van der Waals surface area contributed by atoms with Crippen molar-refractivity contribution >= 4 is 44.8 Å². The first kappa shape index (κ1) is 16.6. The Kier molecular flexibility index (Phi) is 4.79. The molecule has 0 atom stereocenters. The molecule has 0 aliphatic carbocycles. The average molecular weight is 386 g/mol. The van der Waals surface area contributed by atoms with Crippen LogP contribution in [0.15, 0.2) is 59.1 Å². The minimum atomic E-state index is 0.761. The molecule has 0 aliphatic rings. The number of thioether (sulfide) groups is 1. The molecule has 4 aromatic rings. The summed E-state index contributed by atoms with van der Waals surface area (Å²) >= 11 is 9.40. The number of rotatable bonds is 5. The lowest BCUT2D eigenvalue weighted by Crippen LogP contribution is -1.99. The lowest BCUT2D eigenvalue weighted by atomic mass is 10.1. The van der Waals surface area contributed by atoms with E-state index in [4.69, 9.17) is 11.6 Å². The molecule has 0 saturated heterocycles. The van der Waals surface area contributed by atoms with E-state index in [1.54, 1.807) is 23.1 Å². The summed E-state index contributed by atoms with van der Waals surface area (Å²) < 4.78 is 3.47. The van der Waals surface area contributed by atoms with Gasteiger partial charge in [0.2, 0.25) is 0 Å². The van der Waals surface area contributed by atoms with Gasteiger partial charge >= 0.3 is 0 Å². The predicted molar refractivity (Wildman–Crippen MR) is 108 cm³/mol. The highest BCUT2D eigenvalue weighted by molar-refractivity contribution is 7.98. The van der Waals surface area contributed by atoms with Crippen molar-refractivity contribution in [3.05, 3.63) is 64.5 Å². The summed E-state index contributed by atoms with van der Waals surface area (Å²) in [4.78, 5) is 0. The molecule has 0 aliphatic heterocycles. The molecule has 2 heterocycles. The van der Waals surface area contributed by atoms with Crippen LogP contribution in [0.25, 0.3) is 21.5 Å². The smallest absolute Gasteiger partial charge is 0.191 e. The monoisotopic (exact) mass is 385 g/mol. The van der Waals surface area contributed by atoms with E-state index in [1.165, 1.54) is 15.6 Å². The molecule has 0 unspecified atom stereocenters. The number of benzene rings is 2. The first-order chi connectivity index (χ1) is 12.3. The summed E-state index contributed by atoms with van der Waals surface area (Å²) in [6.45, 7) is 2.98. The Hall–Kier alpha value is -1.82. The molecule has 0 spiro atoms. The highest BCUT2D eigenvalue weighted by Crippen LogP contribution is 2.34. The molecule has 0 fully saturated rings. The summed E-state index contributed by atoms with van der Waals surface area (Å²) in [5.74, 6) is 1.79. The Bertz CT molecular complexity index is 1010. The molecular weight excluding hydrogens is 370 g/mol. The molecule has 2 aromatic carbocycles. The Morgan fingerprint density at radius 1 is 1.08 bits per heavy atom. The van der Waals surface area contributed by atoms with Crippen LogP contribution in [0.4, 0.5) is 0 Å². The third-order valence-corrected chi connectivity index (χ3v) is 6.29.